The summed E-state index contributed by atoms with van der Waals surface area (Å²) in [6.07, 6.45) is 2.52. The highest BCUT2D eigenvalue weighted by Crippen LogP contribution is 2.44. The molecular formula is C21H22F3N5O. The van der Waals surface area contributed by atoms with Crippen molar-refractivity contribution in [2.75, 3.05) is 18.0 Å². The summed E-state index contributed by atoms with van der Waals surface area (Å²) in [5.74, 6) is 0.578. The Bertz CT molecular complexity index is 985. The van der Waals surface area contributed by atoms with Crippen molar-refractivity contribution in [1.29, 1.82) is 0 Å². The second-order valence-electron chi connectivity index (χ2n) is 8.45. The Kier molecular flexibility index (Phi) is 4.44. The van der Waals surface area contributed by atoms with Crippen LogP contribution in [0.4, 0.5) is 19.1 Å². The molecule has 158 valence electrons. The van der Waals surface area contributed by atoms with Gasteiger partial charge in [-0.1, -0.05) is 0 Å². The largest absolute Gasteiger partial charge is 0.419 e. The number of carbonyl (C=O) groups excluding carboxylic acids is 1. The van der Waals surface area contributed by atoms with Crippen molar-refractivity contribution in [3.8, 4) is 0 Å². The molecule has 0 saturated carbocycles. The number of carbonyl (C=O) groups is 1. The fourth-order valence-corrected chi connectivity index (χ4v) is 4.83. The summed E-state index contributed by atoms with van der Waals surface area (Å²) >= 11 is 0. The second-order valence-corrected chi connectivity index (χ2v) is 8.45. The van der Waals surface area contributed by atoms with Gasteiger partial charge in [-0.15, -0.1) is 0 Å². The van der Waals surface area contributed by atoms with Crippen LogP contribution in [0.5, 0.6) is 0 Å². The zero-order valence-corrected chi connectivity index (χ0v) is 16.6. The van der Waals surface area contributed by atoms with Crippen molar-refractivity contribution in [2.24, 2.45) is 5.92 Å². The van der Waals surface area contributed by atoms with Crippen LogP contribution in [-0.4, -0.2) is 38.8 Å². The van der Waals surface area contributed by atoms with Gasteiger partial charge in [-0.2, -0.15) is 13.2 Å². The van der Waals surface area contributed by atoms with Gasteiger partial charge >= 0.3 is 6.18 Å². The van der Waals surface area contributed by atoms with E-state index in [4.69, 9.17) is 0 Å². The molecule has 1 fully saturated rings. The van der Waals surface area contributed by atoms with Gasteiger partial charge in [-0.05, 0) is 37.3 Å². The summed E-state index contributed by atoms with van der Waals surface area (Å²) in [7, 11) is 0. The minimum absolute atomic E-state index is 0.137. The lowest BCUT2D eigenvalue weighted by atomic mass is 9.89. The fraction of sp³-hybridized carbons (Fsp3) is 0.524. The van der Waals surface area contributed by atoms with Gasteiger partial charge < -0.3 is 9.80 Å². The van der Waals surface area contributed by atoms with Crippen molar-refractivity contribution in [1.82, 2.24) is 19.9 Å². The molecule has 0 aromatic carbocycles. The highest BCUT2D eigenvalue weighted by atomic mass is 19.4. The monoisotopic (exact) mass is 417 g/mol. The van der Waals surface area contributed by atoms with E-state index in [-0.39, 0.29) is 23.8 Å². The molecule has 5 rings (SSSR count). The number of nitrogens with zero attached hydrogens (tertiary/aromatic N) is 5. The number of hydrogen-bond acceptors (Lipinski definition) is 5. The van der Waals surface area contributed by atoms with Gasteiger partial charge in [0.05, 0.1) is 11.6 Å². The van der Waals surface area contributed by atoms with Crippen LogP contribution < -0.4 is 4.90 Å². The van der Waals surface area contributed by atoms with E-state index in [9.17, 15) is 18.0 Å². The zero-order valence-electron chi connectivity index (χ0n) is 16.6. The number of aryl methyl sites for hydroxylation is 2. The van der Waals surface area contributed by atoms with Crippen LogP contribution in [0, 0.1) is 12.8 Å². The number of alkyl halides is 3. The maximum Gasteiger partial charge on any atom is 0.419 e. The van der Waals surface area contributed by atoms with Gasteiger partial charge in [-0.3, -0.25) is 9.78 Å². The molecule has 9 heteroatoms. The van der Waals surface area contributed by atoms with E-state index < -0.39 is 11.7 Å². The van der Waals surface area contributed by atoms with Crippen molar-refractivity contribution in [2.45, 2.75) is 51.4 Å². The summed E-state index contributed by atoms with van der Waals surface area (Å²) < 4.78 is 37.9. The average Bonchev–Trinajstić information content (AvgIpc) is 3.08. The number of amides is 1. The Morgan fingerprint density at radius 2 is 1.90 bits per heavy atom. The first-order valence-corrected chi connectivity index (χ1v) is 10.2. The highest BCUT2D eigenvalue weighted by Gasteiger charge is 2.40. The number of anilines is 1. The SMILES string of the molecule is Cc1cnc2c3c1CN(C(=O)CC1CN(c4ncc(C(F)(F)F)cn4)C1)[C@H]3CCC2. The summed E-state index contributed by atoms with van der Waals surface area (Å²) in [6, 6.07) is 0.137. The van der Waals surface area contributed by atoms with Crippen LogP contribution in [0.25, 0.3) is 0 Å². The molecule has 1 saturated heterocycles. The standard InChI is InChI=1S/C21H22F3N5O/c1-12-6-25-16-3-2-4-17-19(16)15(12)11-29(17)18(30)5-13-9-28(10-13)20-26-7-14(8-27-20)21(22,23)24/h6-8,13,17H,2-5,9-11H2,1H3/t17-/m0/s1. The number of aromatic nitrogens is 3. The first-order chi connectivity index (χ1) is 14.3. The summed E-state index contributed by atoms with van der Waals surface area (Å²) in [5.41, 5.74) is 3.94. The number of rotatable bonds is 3. The molecule has 0 spiro atoms. The maximum absolute atomic E-state index is 13.1. The lowest BCUT2D eigenvalue weighted by Crippen LogP contribution is -2.49. The molecule has 1 aliphatic carbocycles. The molecule has 0 N–H and O–H groups in total. The molecule has 2 aliphatic heterocycles. The van der Waals surface area contributed by atoms with Crippen molar-refractivity contribution in [3.05, 3.63) is 46.5 Å². The molecule has 0 bridgehead atoms. The molecule has 0 radical (unpaired) electrons. The Labute approximate surface area is 172 Å². The van der Waals surface area contributed by atoms with Crippen molar-refractivity contribution in [3.63, 3.8) is 0 Å². The lowest BCUT2D eigenvalue weighted by molar-refractivity contribution is -0.138. The lowest BCUT2D eigenvalue weighted by Gasteiger charge is -2.40. The van der Waals surface area contributed by atoms with Crippen LogP contribution >= 0.6 is 0 Å². The third-order valence-electron chi connectivity index (χ3n) is 6.44. The fourth-order valence-electron chi connectivity index (χ4n) is 4.83. The van der Waals surface area contributed by atoms with Crippen molar-refractivity contribution < 1.29 is 18.0 Å². The number of pyridine rings is 1. The quantitative estimate of drug-likeness (QED) is 0.766. The first-order valence-electron chi connectivity index (χ1n) is 10.2. The predicted molar refractivity (Wildman–Crippen MR) is 103 cm³/mol. The molecule has 1 atom stereocenters. The van der Waals surface area contributed by atoms with Crippen molar-refractivity contribution >= 4 is 11.9 Å². The average molecular weight is 417 g/mol. The van der Waals surface area contributed by atoms with Gasteiger partial charge in [-0.25, -0.2) is 9.97 Å². The predicted octanol–water partition coefficient (Wildman–Crippen LogP) is 3.44. The highest BCUT2D eigenvalue weighted by molar-refractivity contribution is 5.78. The van der Waals surface area contributed by atoms with Crippen LogP contribution in [0.3, 0.4) is 0 Å². The van der Waals surface area contributed by atoms with Crippen LogP contribution in [-0.2, 0) is 23.9 Å². The molecule has 3 aliphatic rings. The number of halogens is 3. The van der Waals surface area contributed by atoms with Gasteiger partial charge in [0.25, 0.3) is 0 Å². The van der Waals surface area contributed by atoms with Crippen LogP contribution in [0.1, 0.15) is 53.3 Å². The van der Waals surface area contributed by atoms with E-state index in [0.29, 0.717) is 26.1 Å². The first kappa shape index (κ1) is 19.3. The summed E-state index contributed by atoms with van der Waals surface area (Å²) in [5, 5.41) is 0. The molecule has 4 heterocycles. The zero-order chi connectivity index (χ0) is 21.0. The van der Waals surface area contributed by atoms with E-state index in [1.807, 2.05) is 16.0 Å². The summed E-state index contributed by atoms with van der Waals surface area (Å²) in [6.45, 7) is 3.86. The van der Waals surface area contributed by atoms with Gasteiger partial charge in [0, 0.05) is 61.8 Å². The molecule has 30 heavy (non-hydrogen) atoms. The maximum atomic E-state index is 13.1. The van der Waals surface area contributed by atoms with Crippen LogP contribution in [0.2, 0.25) is 0 Å². The van der Waals surface area contributed by atoms with E-state index in [1.165, 1.54) is 11.1 Å². The third kappa shape index (κ3) is 3.20. The second kappa shape index (κ2) is 6.92. The van der Waals surface area contributed by atoms with Gasteiger partial charge in [0.1, 0.15) is 0 Å². The van der Waals surface area contributed by atoms with E-state index in [0.717, 1.165) is 42.9 Å². The molecule has 6 nitrogen and oxygen atoms in total. The minimum atomic E-state index is -4.44. The Morgan fingerprint density at radius 1 is 1.17 bits per heavy atom. The number of hydrogen-bond donors (Lipinski definition) is 0. The van der Waals surface area contributed by atoms with Gasteiger partial charge in [0.2, 0.25) is 11.9 Å². The van der Waals surface area contributed by atoms with E-state index in [2.05, 4.69) is 21.9 Å². The van der Waals surface area contributed by atoms with E-state index >= 15 is 0 Å². The molecule has 1 amide bonds. The molecule has 2 aromatic heterocycles. The van der Waals surface area contributed by atoms with Crippen LogP contribution in [0.15, 0.2) is 18.6 Å². The summed E-state index contributed by atoms with van der Waals surface area (Å²) in [4.78, 5) is 29.1. The Balaban J connectivity index is 1.21. The Hall–Kier alpha value is -2.71. The topological polar surface area (TPSA) is 62.2 Å². The molecule has 2 aromatic rings. The minimum Gasteiger partial charge on any atom is -0.340 e. The van der Waals surface area contributed by atoms with E-state index in [1.54, 1.807) is 0 Å². The third-order valence-corrected chi connectivity index (χ3v) is 6.44. The Morgan fingerprint density at radius 3 is 2.60 bits per heavy atom. The smallest absolute Gasteiger partial charge is 0.340 e. The van der Waals surface area contributed by atoms with Gasteiger partial charge in [0.15, 0.2) is 0 Å². The normalized spacial score (nSPS) is 20.9. The molecular weight excluding hydrogens is 395 g/mol. The molecule has 0 unspecified atom stereocenters.